The molecule has 1 aliphatic heterocycles. The number of nitro benzene ring substituents is 1. The minimum Gasteiger partial charge on any atom is -0.490 e. The number of hydrogen-bond donors (Lipinski definition) is 2. The molecule has 0 atom stereocenters. The van der Waals surface area contributed by atoms with Crippen LogP contribution in [0.15, 0.2) is 23.0 Å². The molecule has 0 spiro atoms. The monoisotopic (exact) mass is 344 g/mol. The lowest BCUT2D eigenvalue weighted by Crippen LogP contribution is -2.24. The summed E-state index contributed by atoms with van der Waals surface area (Å²) in [6.45, 7) is 1.55. The van der Waals surface area contributed by atoms with E-state index in [-0.39, 0.29) is 34.1 Å². The average molecular weight is 344 g/mol. The molecule has 3 rings (SSSR count). The SMILES string of the molecule is COc1cc(-n2c(N)c3c(cc2=O)C(=O)NC3=O)c(C)cc1[N+](=O)[O-]. The third kappa shape index (κ3) is 2.31. The number of rotatable bonds is 3. The Bertz CT molecular complexity index is 1020. The Labute approximate surface area is 140 Å². The summed E-state index contributed by atoms with van der Waals surface area (Å²) in [5, 5.41) is 13.2. The van der Waals surface area contributed by atoms with Gasteiger partial charge in [-0.3, -0.25) is 34.4 Å². The molecule has 0 saturated heterocycles. The van der Waals surface area contributed by atoms with E-state index < -0.39 is 22.3 Å². The smallest absolute Gasteiger partial charge is 0.311 e. The van der Waals surface area contributed by atoms with Crippen LogP contribution >= 0.6 is 0 Å². The van der Waals surface area contributed by atoms with Crippen molar-refractivity contribution in [2.75, 3.05) is 12.8 Å². The molecule has 2 aromatic rings. The van der Waals surface area contributed by atoms with Gasteiger partial charge in [-0.15, -0.1) is 0 Å². The average Bonchev–Trinajstić information content (AvgIpc) is 2.82. The van der Waals surface area contributed by atoms with Gasteiger partial charge in [0.15, 0.2) is 5.75 Å². The summed E-state index contributed by atoms with van der Waals surface area (Å²) in [5.74, 6) is -1.71. The molecule has 2 heterocycles. The van der Waals surface area contributed by atoms with Gasteiger partial charge in [0.1, 0.15) is 5.82 Å². The van der Waals surface area contributed by atoms with Gasteiger partial charge in [0.05, 0.1) is 28.8 Å². The van der Waals surface area contributed by atoms with Gasteiger partial charge in [0.2, 0.25) is 0 Å². The Balaban J connectivity index is 2.34. The fourth-order valence-electron chi connectivity index (χ4n) is 2.74. The van der Waals surface area contributed by atoms with Crippen LogP contribution < -0.4 is 21.3 Å². The highest BCUT2D eigenvalue weighted by Crippen LogP contribution is 2.33. The number of anilines is 1. The lowest BCUT2D eigenvalue weighted by molar-refractivity contribution is -0.385. The Morgan fingerprint density at radius 2 is 1.88 bits per heavy atom. The Kier molecular flexibility index (Phi) is 3.52. The van der Waals surface area contributed by atoms with Crippen LogP contribution in [-0.2, 0) is 0 Å². The maximum absolute atomic E-state index is 12.4. The van der Waals surface area contributed by atoms with Crippen LogP contribution in [0.3, 0.4) is 0 Å². The van der Waals surface area contributed by atoms with E-state index in [1.165, 1.54) is 19.2 Å². The van der Waals surface area contributed by atoms with Crippen LogP contribution in [-0.4, -0.2) is 28.4 Å². The number of benzene rings is 1. The number of carbonyl (C=O) groups is 2. The summed E-state index contributed by atoms with van der Waals surface area (Å²) in [6.07, 6.45) is 0. The molecule has 0 unspecified atom stereocenters. The van der Waals surface area contributed by atoms with Gasteiger partial charge in [-0.25, -0.2) is 0 Å². The zero-order chi connectivity index (χ0) is 18.5. The standard InChI is InChI=1S/C15H12N4O6/c1-6-3-9(19(23)24)10(25-2)5-8(6)18-11(20)4-7-12(13(18)16)15(22)17-14(7)21/h3-5H,16H2,1-2H3,(H,17,21,22). The first kappa shape index (κ1) is 16.2. The van der Waals surface area contributed by atoms with Crippen molar-refractivity contribution in [2.24, 2.45) is 0 Å². The molecule has 1 aromatic heterocycles. The first-order chi connectivity index (χ1) is 11.8. The predicted molar refractivity (Wildman–Crippen MR) is 86.2 cm³/mol. The maximum atomic E-state index is 12.4. The van der Waals surface area contributed by atoms with E-state index in [9.17, 15) is 24.5 Å². The van der Waals surface area contributed by atoms with E-state index in [1.54, 1.807) is 6.92 Å². The number of imide groups is 1. The number of aromatic nitrogens is 1. The van der Waals surface area contributed by atoms with E-state index in [4.69, 9.17) is 10.5 Å². The molecule has 25 heavy (non-hydrogen) atoms. The molecule has 0 fully saturated rings. The lowest BCUT2D eigenvalue weighted by Gasteiger charge is -2.15. The lowest BCUT2D eigenvalue weighted by atomic mass is 10.1. The van der Waals surface area contributed by atoms with Crippen molar-refractivity contribution >= 4 is 23.3 Å². The highest BCUT2D eigenvalue weighted by molar-refractivity contribution is 6.23. The summed E-state index contributed by atoms with van der Waals surface area (Å²) in [4.78, 5) is 46.5. The number of nitro groups is 1. The molecule has 2 amide bonds. The summed E-state index contributed by atoms with van der Waals surface area (Å²) in [5.41, 5.74) is 5.39. The highest BCUT2D eigenvalue weighted by Gasteiger charge is 2.32. The van der Waals surface area contributed by atoms with Gasteiger partial charge >= 0.3 is 5.69 Å². The van der Waals surface area contributed by atoms with Crippen LogP contribution in [0.4, 0.5) is 11.5 Å². The van der Waals surface area contributed by atoms with Gasteiger partial charge in [-0.2, -0.15) is 0 Å². The van der Waals surface area contributed by atoms with Crippen molar-refractivity contribution in [2.45, 2.75) is 6.92 Å². The molecule has 0 aliphatic carbocycles. The van der Waals surface area contributed by atoms with Crippen LogP contribution in [0.1, 0.15) is 26.3 Å². The number of nitrogen functional groups attached to an aromatic ring is 1. The van der Waals surface area contributed by atoms with Gasteiger partial charge < -0.3 is 10.5 Å². The number of methoxy groups -OCH3 is 1. The number of hydrogen-bond acceptors (Lipinski definition) is 7. The van der Waals surface area contributed by atoms with Gasteiger partial charge in [0, 0.05) is 18.2 Å². The van der Waals surface area contributed by atoms with E-state index in [1.807, 2.05) is 0 Å². The Hall–Kier alpha value is -3.69. The fourth-order valence-corrected chi connectivity index (χ4v) is 2.74. The van der Waals surface area contributed by atoms with Crippen LogP contribution in [0.2, 0.25) is 0 Å². The number of carbonyl (C=O) groups excluding carboxylic acids is 2. The summed E-state index contributed by atoms with van der Waals surface area (Å²) >= 11 is 0. The van der Waals surface area contributed by atoms with Gasteiger partial charge in [0.25, 0.3) is 17.4 Å². The third-order valence-electron chi connectivity index (χ3n) is 3.89. The number of amides is 2. The molecule has 10 heteroatoms. The Morgan fingerprint density at radius 3 is 2.48 bits per heavy atom. The molecule has 0 bridgehead atoms. The number of nitrogens with one attached hydrogen (secondary N) is 1. The molecule has 3 N–H and O–H groups in total. The third-order valence-corrected chi connectivity index (χ3v) is 3.89. The zero-order valence-electron chi connectivity index (χ0n) is 13.2. The van der Waals surface area contributed by atoms with Crippen molar-refractivity contribution in [3.63, 3.8) is 0 Å². The second-order valence-electron chi connectivity index (χ2n) is 5.34. The molecule has 1 aromatic carbocycles. The molecular formula is C15H12N4O6. The largest absolute Gasteiger partial charge is 0.490 e. The first-order valence-electron chi connectivity index (χ1n) is 7.01. The summed E-state index contributed by atoms with van der Waals surface area (Å²) in [6, 6.07) is 3.52. The highest BCUT2D eigenvalue weighted by atomic mass is 16.6. The van der Waals surface area contributed by atoms with Crippen LogP contribution in [0.5, 0.6) is 5.75 Å². The normalized spacial score (nSPS) is 12.7. The topological polar surface area (TPSA) is 147 Å². The fraction of sp³-hybridized carbons (Fsp3) is 0.133. The number of aryl methyl sites for hydroxylation is 1. The van der Waals surface area contributed by atoms with Gasteiger partial charge in [-0.05, 0) is 12.5 Å². The van der Waals surface area contributed by atoms with Crippen molar-refractivity contribution < 1.29 is 19.2 Å². The van der Waals surface area contributed by atoms with E-state index in [0.29, 0.717) is 5.56 Å². The number of ether oxygens (including phenoxy) is 1. The minimum atomic E-state index is -0.710. The van der Waals surface area contributed by atoms with Crippen molar-refractivity contribution in [1.29, 1.82) is 0 Å². The van der Waals surface area contributed by atoms with Crippen LogP contribution in [0, 0.1) is 17.0 Å². The summed E-state index contributed by atoms with van der Waals surface area (Å²) < 4.78 is 6.02. The van der Waals surface area contributed by atoms with E-state index >= 15 is 0 Å². The van der Waals surface area contributed by atoms with E-state index in [0.717, 1.165) is 10.6 Å². The van der Waals surface area contributed by atoms with Crippen molar-refractivity contribution in [3.8, 4) is 11.4 Å². The van der Waals surface area contributed by atoms with E-state index in [2.05, 4.69) is 5.32 Å². The quantitative estimate of drug-likeness (QED) is 0.469. The minimum absolute atomic E-state index is 0.0714. The second kappa shape index (κ2) is 5.44. The molecule has 1 aliphatic rings. The predicted octanol–water partition coefficient (Wildman–Crippen LogP) is 0.529. The Morgan fingerprint density at radius 1 is 1.20 bits per heavy atom. The number of nitrogens with two attached hydrogens (primary N) is 1. The molecule has 0 radical (unpaired) electrons. The molecule has 128 valence electrons. The van der Waals surface area contributed by atoms with Crippen molar-refractivity contribution in [1.82, 2.24) is 9.88 Å². The van der Waals surface area contributed by atoms with Crippen LogP contribution in [0.25, 0.3) is 5.69 Å². The first-order valence-corrected chi connectivity index (χ1v) is 7.01. The number of pyridine rings is 1. The molecular weight excluding hydrogens is 332 g/mol. The number of fused-ring (bicyclic) bond motifs is 1. The summed E-state index contributed by atoms with van der Waals surface area (Å²) in [7, 11) is 1.25. The zero-order valence-corrected chi connectivity index (χ0v) is 13.2. The molecule has 0 saturated carbocycles. The second-order valence-corrected chi connectivity index (χ2v) is 5.34. The maximum Gasteiger partial charge on any atom is 0.311 e. The molecule has 10 nitrogen and oxygen atoms in total. The van der Waals surface area contributed by atoms with Crippen molar-refractivity contribution in [3.05, 3.63) is 55.4 Å². The number of nitrogens with zero attached hydrogens (tertiary/aromatic N) is 2. The van der Waals surface area contributed by atoms with Gasteiger partial charge in [-0.1, -0.05) is 0 Å².